The topological polar surface area (TPSA) is 59.7 Å². The van der Waals surface area contributed by atoms with E-state index in [1.54, 1.807) is 23.9 Å². The molecular formula is C9H11N3O2. The number of hydrogen-bond acceptors (Lipinski definition) is 4. The van der Waals surface area contributed by atoms with Crippen molar-refractivity contribution in [1.29, 1.82) is 0 Å². The molecule has 2 aromatic heterocycles. The molecule has 0 spiro atoms. The van der Waals surface area contributed by atoms with Crippen LogP contribution in [0.1, 0.15) is 11.4 Å². The molecule has 0 aliphatic rings. The van der Waals surface area contributed by atoms with Gasteiger partial charge in [-0.1, -0.05) is 0 Å². The molecule has 0 aliphatic heterocycles. The van der Waals surface area contributed by atoms with Crippen molar-refractivity contribution in [3.63, 3.8) is 0 Å². The van der Waals surface area contributed by atoms with Gasteiger partial charge in [0, 0.05) is 0 Å². The van der Waals surface area contributed by atoms with Crippen LogP contribution in [0.3, 0.4) is 0 Å². The van der Waals surface area contributed by atoms with Gasteiger partial charge in [0.05, 0.1) is 37.5 Å². The average Bonchev–Trinajstić information content (AvgIpc) is 2.52. The molecule has 0 fully saturated rings. The molecule has 5 nitrogen and oxygen atoms in total. The van der Waals surface area contributed by atoms with E-state index in [4.69, 9.17) is 9.84 Å². The van der Waals surface area contributed by atoms with Gasteiger partial charge in [0.15, 0.2) is 5.65 Å². The third-order valence-corrected chi connectivity index (χ3v) is 2.14. The van der Waals surface area contributed by atoms with Crippen LogP contribution in [-0.4, -0.2) is 26.6 Å². The van der Waals surface area contributed by atoms with E-state index in [2.05, 4.69) is 9.97 Å². The van der Waals surface area contributed by atoms with E-state index in [0.29, 0.717) is 11.5 Å². The summed E-state index contributed by atoms with van der Waals surface area (Å²) in [5, 5.41) is 9.15. The summed E-state index contributed by atoms with van der Waals surface area (Å²) < 4.78 is 6.77. The van der Waals surface area contributed by atoms with Crippen molar-refractivity contribution >= 4 is 5.65 Å². The van der Waals surface area contributed by atoms with Crippen LogP contribution in [-0.2, 0) is 6.61 Å². The van der Waals surface area contributed by atoms with Crippen molar-refractivity contribution in [3.05, 3.63) is 23.8 Å². The number of aryl methyl sites for hydroxylation is 1. The fourth-order valence-electron chi connectivity index (χ4n) is 1.40. The molecule has 0 aromatic carbocycles. The monoisotopic (exact) mass is 193 g/mol. The van der Waals surface area contributed by atoms with Gasteiger partial charge in [-0.2, -0.15) is 0 Å². The molecule has 0 bridgehead atoms. The zero-order valence-corrected chi connectivity index (χ0v) is 8.06. The summed E-state index contributed by atoms with van der Waals surface area (Å²) in [6.07, 6.45) is 3.33. The van der Waals surface area contributed by atoms with Crippen LogP contribution in [0.5, 0.6) is 5.88 Å². The molecule has 0 aliphatic carbocycles. The molecule has 74 valence electrons. The van der Waals surface area contributed by atoms with E-state index in [1.807, 2.05) is 6.92 Å². The minimum Gasteiger partial charge on any atom is -0.480 e. The largest absolute Gasteiger partial charge is 0.480 e. The predicted molar refractivity (Wildman–Crippen MR) is 50.2 cm³/mol. The highest BCUT2D eigenvalue weighted by Gasteiger charge is 2.08. The van der Waals surface area contributed by atoms with Crippen LogP contribution in [0.25, 0.3) is 5.65 Å². The minimum absolute atomic E-state index is 0.0415. The van der Waals surface area contributed by atoms with Gasteiger partial charge in [-0.05, 0) is 6.92 Å². The van der Waals surface area contributed by atoms with E-state index >= 15 is 0 Å². The first kappa shape index (κ1) is 8.96. The number of imidazole rings is 1. The van der Waals surface area contributed by atoms with E-state index < -0.39 is 0 Å². The number of rotatable bonds is 2. The second kappa shape index (κ2) is 3.26. The van der Waals surface area contributed by atoms with Gasteiger partial charge in [0.2, 0.25) is 5.88 Å². The number of aromatic nitrogens is 3. The summed E-state index contributed by atoms with van der Waals surface area (Å²) >= 11 is 0. The molecule has 0 atom stereocenters. The molecule has 0 saturated carbocycles. The molecule has 0 saturated heterocycles. The lowest BCUT2D eigenvalue weighted by Crippen LogP contribution is -1.96. The van der Waals surface area contributed by atoms with E-state index in [1.165, 1.54) is 0 Å². The SMILES string of the molecule is COc1cn2c(CO)c(C)nc2cn1. The Bertz CT molecular complexity index is 464. The summed E-state index contributed by atoms with van der Waals surface area (Å²) in [7, 11) is 1.55. The normalized spacial score (nSPS) is 10.8. The van der Waals surface area contributed by atoms with Gasteiger partial charge < -0.3 is 9.84 Å². The number of aliphatic hydroxyl groups is 1. The zero-order valence-electron chi connectivity index (χ0n) is 8.06. The number of aliphatic hydroxyl groups excluding tert-OH is 1. The van der Waals surface area contributed by atoms with Crippen LogP contribution in [0.15, 0.2) is 12.4 Å². The third kappa shape index (κ3) is 1.22. The van der Waals surface area contributed by atoms with Crippen molar-refractivity contribution in [2.24, 2.45) is 0 Å². The van der Waals surface area contributed by atoms with Crippen LogP contribution in [0.2, 0.25) is 0 Å². The number of hydrogen-bond donors (Lipinski definition) is 1. The zero-order chi connectivity index (χ0) is 10.1. The molecule has 5 heteroatoms. The molecule has 1 N–H and O–H groups in total. The average molecular weight is 193 g/mol. The molecule has 2 aromatic rings. The summed E-state index contributed by atoms with van der Waals surface area (Å²) in [6.45, 7) is 1.81. The number of fused-ring (bicyclic) bond motifs is 1. The second-order valence-corrected chi connectivity index (χ2v) is 2.96. The van der Waals surface area contributed by atoms with Gasteiger partial charge in [0.25, 0.3) is 0 Å². The Kier molecular flexibility index (Phi) is 2.09. The lowest BCUT2D eigenvalue weighted by atomic mass is 10.4. The van der Waals surface area contributed by atoms with Gasteiger partial charge in [0.1, 0.15) is 0 Å². The smallest absolute Gasteiger partial charge is 0.230 e. The Morgan fingerprint density at radius 1 is 1.57 bits per heavy atom. The first-order valence-electron chi connectivity index (χ1n) is 4.24. The summed E-state index contributed by atoms with van der Waals surface area (Å²) in [4.78, 5) is 8.27. The van der Waals surface area contributed by atoms with Crippen LogP contribution >= 0.6 is 0 Å². The fourth-order valence-corrected chi connectivity index (χ4v) is 1.40. The van der Waals surface area contributed by atoms with Crippen molar-refractivity contribution in [1.82, 2.24) is 14.4 Å². The van der Waals surface area contributed by atoms with Crippen molar-refractivity contribution in [3.8, 4) is 5.88 Å². The Labute approximate surface area is 81.0 Å². The maximum Gasteiger partial charge on any atom is 0.230 e. The lowest BCUT2D eigenvalue weighted by molar-refractivity contribution is 0.274. The predicted octanol–water partition coefficient (Wildman–Crippen LogP) is 0.539. The standard InChI is InChI=1S/C9H11N3O2/c1-6-7(5-13)12-4-9(14-2)10-3-8(12)11-6/h3-4,13H,5H2,1-2H3. The third-order valence-electron chi connectivity index (χ3n) is 2.14. The lowest BCUT2D eigenvalue weighted by Gasteiger charge is -2.01. The Hall–Kier alpha value is -1.62. The number of nitrogens with zero attached hydrogens (tertiary/aromatic N) is 3. The van der Waals surface area contributed by atoms with E-state index in [0.717, 1.165) is 11.4 Å². The van der Waals surface area contributed by atoms with Gasteiger partial charge >= 0.3 is 0 Å². The van der Waals surface area contributed by atoms with Crippen LogP contribution < -0.4 is 4.74 Å². The highest BCUT2D eigenvalue weighted by molar-refractivity contribution is 5.41. The molecule has 2 heterocycles. The van der Waals surface area contributed by atoms with Crippen molar-refractivity contribution in [2.45, 2.75) is 13.5 Å². The summed E-state index contributed by atoms with van der Waals surface area (Å²) in [5.74, 6) is 0.504. The maximum atomic E-state index is 9.15. The second-order valence-electron chi connectivity index (χ2n) is 2.96. The van der Waals surface area contributed by atoms with Gasteiger partial charge in [-0.3, -0.25) is 4.40 Å². The van der Waals surface area contributed by atoms with E-state index in [-0.39, 0.29) is 6.61 Å². The number of ether oxygens (including phenoxy) is 1. The molecule has 2 rings (SSSR count). The highest BCUT2D eigenvalue weighted by atomic mass is 16.5. The fraction of sp³-hybridized carbons (Fsp3) is 0.333. The summed E-state index contributed by atoms with van der Waals surface area (Å²) in [5.41, 5.74) is 2.29. The van der Waals surface area contributed by atoms with Gasteiger partial charge in [-0.25, -0.2) is 9.97 Å². The van der Waals surface area contributed by atoms with Gasteiger partial charge in [-0.15, -0.1) is 0 Å². The molecule has 0 amide bonds. The first-order chi connectivity index (χ1) is 6.76. The van der Waals surface area contributed by atoms with Crippen LogP contribution in [0.4, 0.5) is 0 Å². The minimum atomic E-state index is -0.0415. The summed E-state index contributed by atoms with van der Waals surface area (Å²) in [6, 6.07) is 0. The van der Waals surface area contributed by atoms with Crippen molar-refractivity contribution < 1.29 is 9.84 Å². The Balaban J connectivity index is 2.71. The van der Waals surface area contributed by atoms with Crippen LogP contribution in [0, 0.1) is 6.92 Å². The Morgan fingerprint density at radius 3 is 3.00 bits per heavy atom. The van der Waals surface area contributed by atoms with Crippen molar-refractivity contribution in [2.75, 3.05) is 7.11 Å². The molecule has 0 radical (unpaired) electrons. The quantitative estimate of drug-likeness (QED) is 0.756. The first-order valence-corrected chi connectivity index (χ1v) is 4.24. The molecule has 14 heavy (non-hydrogen) atoms. The van der Waals surface area contributed by atoms with E-state index in [9.17, 15) is 0 Å². The Morgan fingerprint density at radius 2 is 2.36 bits per heavy atom. The highest BCUT2D eigenvalue weighted by Crippen LogP contribution is 2.14. The maximum absolute atomic E-state index is 9.15. The number of methoxy groups -OCH3 is 1. The molecule has 0 unspecified atom stereocenters. The molecular weight excluding hydrogens is 182 g/mol.